The minimum Gasteiger partial charge on any atom is -0.405 e. The van der Waals surface area contributed by atoms with Crippen molar-refractivity contribution in [3.63, 3.8) is 0 Å². The van der Waals surface area contributed by atoms with Gasteiger partial charge in [-0.05, 0) is 12.6 Å². The Labute approximate surface area is 117 Å². The molecule has 0 unspecified atom stereocenters. The molecule has 0 atom stereocenters. The number of allylic oxidation sites excluding steroid dienone is 3. The van der Waals surface area contributed by atoms with Crippen LogP contribution < -0.4 is 5.73 Å². The van der Waals surface area contributed by atoms with Gasteiger partial charge in [0, 0.05) is 32.7 Å². The quantitative estimate of drug-likeness (QED) is 0.661. The number of hydrogen-bond acceptors (Lipinski definition) is 1. The topological polar surface area (TPSA) is 26.0 Å². The summed E-state index contributed by atoms with van der Waals surface area (Å²) in [6.45, 7) is 5.25. The van der Waals surface area contributed by atoms with E-state index in [1.165, 1.54) is 11.6 Å². The first-order valence-electron chi connectivity index (χ1n) is 4.46. The monoisotopic (exact) mass is 272 g/mol. The molecule has 0 bridgehead atoms. The third kappa shape index (κ3) is 5.10. The van der Waals surface area contributed by atoms with Crippen molar-refractivity contribution in [2.45, 2.75) is 6.42 Å². The molecule has 1 aromatic rings. The Hall–Kier alpha value is -0.656. The van der Waals surface area contributed by atoms with E-state index in [2.05, 4.69) is 6.08 Å². The smallest absolute Gasteiger partial charge is 0 e. The second kappa shape index (κ2) is 8.64. The molecular weight excluding hydrogens is 259 g/mol. The van der Waals surface area contributed by atoms with Gasteiger partial charge in [0.1, 0.15) is 0 Å². The van der Waals surface area contributed by atoms with Crippen molar-refractivity contribution in [1.82, 2.24) is 0 Å². The number of benzene rings is 1. The Balaban J connectivity index is 0.00000196. The molecule has 0 amide bonds. The summed E-state index contributed by atoms with van der Waals surface area (Å²) >= 11 is 0. The van der Waals surface area contributed by atoms with Crippen LogP contribution in [0, 0.1) is 12.7 Å². The zero-order valence-corrected chi connectivity index (χ0v) is 11.4. The molecule has 75 valence electrons. The average molecular weight is 272 g/mol. The van der Waals surface area contributed by atoms with E-state index in [0.29, 0.717) is 0 Å². The third-order valence-corrected chi connectivity index (χ3v) is 1.83. The summed E-state index contributed by atoms with van der Waals surface area (Å²) in [6, 6.07) is 8.02. The van der Waals surface area contributed by atoms with Crippen molar-refractivity contribution in [3.8, 4) is 0 Å². The summed E-state index contributed by atoms with van der Waals surface area (Å²) in [5.41, 5.74) is 7.53. The van der Waals surface area contributed by atoms with Crippen LogP contribution in [-0.2, 0) is 39.1 Å². The van der Waals surface area contributed by atoms with E-state index in [4.69, 9.17) is 12.3 Å². The van der Waals surface area contributed by atoms with Gasteiger partial charge >= 0.3 is 0 Å². The summed E-state index contributed by atoms with van der Waals surface area (Å²) in [6.07, 6.45) is 10.5. The first-order chi connectivity index (χ1) is 6.88. The fourth-order valence-corrected chi connectivity index (χ4v) is 1.17. The van der Waals surface area contributed by atoms with Crippen molar-refractivity contribution in [2.75, 3.05) is 0 Å². The van der Waals surface area contributed by atoms with E-state index in [1.54, 1.807) is 12.3 Å². The van der Waals surface area contributed by atoms with Gasteiger partial charge in [0.2, 0.25) is 0 Å². The zero-order valence-electron chi connectivity index (χ0n) is 8.56. The Morgan fingerprint density at radius 1 is 1.33 bits per heavy atom. The van der Waals surface area contributed by atoms with E-state index in [-0.39, 0.29) is 32.7 Å². The molecule has 15 heavy (non-hydrogen) atoms. The maximum absolute atomic E-state index is 5.29. The van der Waals surface area contributed by atoms with E-state index in [1.807, 2.05) is 30.3 Å². The van der Waals surface area contributed by atoms with Crippen molar-refractivity contribution >= 4 is 0 Å². The summed E-state index contributed by atoms with van der Waals surface area (Å²) in [4.78, 5) is 0. The summed E-state index contributed by atoms with van der Waals surface area (Å²) in [5.74, 6) is 0. The Kier molecular flexibility index (Phi) is 8.26. The van der Waals surface area contributed by atoms with Crippen molar-refractivity contribution in [3.05, 3.63) is 72.5 Å². The Morgan fingerprint density at radius 2 is 2.07 bits per heavy atom. The number of hydrogen-bond donors (Lipinski definition) is 1. The van der Waals surface area contributed by atoms with Crippen LogP contribution in [0.1, 0.15) is 11.1 Å². The zero-order chi connectivity index (χ0) is 10.2. The molecule has 0 heterocycles. The van der Waals surface area contributed by atoms with Crippen LogP contribution in [0.5, 0.6) is 0 Å². The molecule has 1 aromatic carbocycles. The molecule has 0 saturated carbocycles. The Morgan fingerprint density at radius 3 is 2.73 bits per heavy atom. The van der Waals surface area contributed by atoms with Crippen molar-refractivity contribution in [2.24, 2.45) is 5.73 Å². The molecule has 0 aliphatic heterocycles. The van der Waals surface area contributed by atoms with Crippen molar-refractivity contribution in [1.29, 1.82) is 0 Å². The maximum atomic E-state index is 5.29. The summed E-state index contributed by atoms with van der Waals surface area (Å²) in [5, 5.41) is 0. The van der Waals surface area contributed by atoms with Crippen LogP contribution in [0.2, 0.25) is 0 Å². The number of rotatable bonds is 4. The molecule has 0 fully saturated rings. The van der Waals surface area contributed by atoms with Crippen LogP contribution in [0.25, 0.3) is 0 Å². The molecule has 0 aliphatic carbocycles. The summed E-state index contributed by atoms with van der Waals surface area (Å²) in [7, 11) is 0. The van der Waals surface area contributed by atoms with Gasteiger partial charge in [-0.15, -0.1) is 23.8 Å². The van der Waals surface area contributed by atoms with Crippen molar-refractivity contribution < 1.29 is 32.7 Å². The van der Waals surface area contributed by atoms with Gasteiger partial charge in [-0.2, -0.15) is 5.56 Å². The molecule has 0 spiro atoms. The second-order valence-corrected chi connectivity index (χ2v) is 2.79. The molecule has 0 aliphatic rings. The standard InChI is InChI=1S/C13H13N.Y/c1-2-3-7-12-8-4-5-9-13(12)10-6-11-14;/h1-6,8-9,11H,10,14H2;/q-2;/b11-6+;. The van der Waals surface area contributed by atoms with E-state index in [0.717, 1.165) is 12.0 Å². The van der Waals surface area contributed by atoms with Crippen LogP contribution >= 0.6 is 0 Å². The largest absolute Gasteiger partial charge is 0.405 e. The van der Waals surface area contributed by atoms with Crippen LogP contribution in [0.4, 0.5) is 0 Å². The normalized spacial score (nSPS) is 10.4. The van der Waals surface area contributed by atoms with Crippen LogP contribution in [-0.4, -0.2) is 0 Å². The summed E-state index contributed by atoms with van der Waals surface area (Å²) < 4.78 is 0. The van der Waals surface area contributed by atoms with Gasteiger partial charge in [0.25, 0.3) is 0 Å². The van der Waals surface area contributed by atoms with Gasteiger partial charge in [0.15, 0.2) is 0 Å². The van der Waals surface area contributed by atoms with E-state index >= 15 is 0 Å². The molecule has 1 nitrogen and oxygen atoms in total. The van der Waals surface area contributed by atoms with Crippen LogP contribution in [0.3, 0.4) is 0 Å². The molecule has 0 aromatic heterocycles. The Bertz CT molecular complexity index is 353. The predicted molar refractivity (Wildman–Crippen MR) is 59.3 cm³/mol. The van der Waals surface area contributed by atoms with Gasteiger partial charge in [-0.3, -0.25) is 6.08 Å². The fraction of sp³-hybridized carbons (Fsp3) is 0.0769. The second-order valence-electron chi connectivity index (χ2n) is 2.79. The van der Waals surface area contributed by atoms with E-state index < -0.39 is 0 Å². The van der Waals surface area contributed by atoms with Gasteiger partial charge in [0.05, 0.1) is 0 Å². The third-order valence-electron chi connectivity index (χ3n) is 1.83. The fourth-order valence-electron chi connectivity index (χ4n) is 1.17. The minimum absolute atomic E-state index is 0. The molecule has 1 radical (unpaired) electrons. The average Bonchev–Trinajstić information content (AvgIpc) is 2.24. The minimum atomic E-state index is 0. The predicted octanol–water partition coefficient (Wildman–Crippen LogP) is 2.40. The SMILES string of the molecule is [CH-]=CC=[C-]c1ccccc1C/C=C/N.[Y]. The molecule has 2 heteroatoms. The van der Waals surface area contributed by atoms with Gasteiger partial charge in [-0.25, -0.2) is 6.08 Å². The molecule has 2 N–H and O–H groups in total. The maximum Gasteiger partial charge on any atom is 0 e. The van der Waals surface area contributed by atoms with Gasteiger partial charge < -0.3 is 18.4 Å². The van der Waals surface area contributed by atoms with Crippen LogP contribution in [0.15, 0.2) is 48.7 Å². The number of nitrogens with two attached hydrogens (primary N) is 1. The molecule has 1 rings (SSSR count). The van der Waals surface area contributed by atoms with E-state index in [9.17, 15) is 0 Å². The van der Waals surface area contributed by atoms with Gasteiger partial charge in [-0.1, -0.05) is 12.1 Å². The first kappa shape index (κ1) is 14.3. The molecular formula is C13H13NY-2. The molecule has 0 saturated heterocycles. The first-order valence-corrected chi connectivity index (χ1v) is 4.46.